The predicted octanol–water partition coefficient (Wildman–Crippen LogP) is 2.67. The summed E-state index contributed by atoms with van der Waals surface area (Å²) < 4.78 is 1.81. The number of amides is 1. The fourth-order valence-corrected chi connectivity index (χ4v) is 3.38. The molecule has 25 heavy (non-hydrogen) atoms. The van der Waals surface area contributed by atoms with Crippen molar-refractivity contribution in [1.29, 1.82) is 0 Å². The van der Waals surface area contributed by atoms with Gasteiger partial charge in [0, 0.05) is 18.8 Å². The van der Waals surface area contributed by atoms with Gasteiger partial charge in [-0.15, -0.1) is 0 Å². The van der Waals surface area contributed by atoms with Crippen molar-refractivity contribution in [3.63, 3.8) is 0 Å². The summed E-state index contributed by atoms with van der Waals surface area (Å²) in [6, 6.07) is 12.0. The SMILES string of the molecule is Cc1nc(-n2cccc2)sc1C(=O)N[C@@H](Cc1ccccc1)C(=O)O. The summed E-state index contributed by atoms with van der Waals surface area (Å²) in [5.74, 6) is -1.48. The molecule has 7 heteroatoms. The number of rotatable bonds is 6. The monoisotopic (exact) mass is 355 g/mol. The summed E-state index contributed by atoms with van der Waals surface area (Å²) in [5, 5.41) is 12.7. The van der Waals surface area contributed by atoms with E-state index in [0.29, 0.717) is 15.7 Å². The molecule has 128 valence electrons. The van der Waals surface area contributed by atoms with E-state index in [4.69, 9.17) is 0 Å². The molecular weight excluding hydrogens is 338 g/mol. The van der Waals surface area contributed by atoms with Gasteiger partial charge in [-0.05, 0) is 24.6 Å². The van der Waals surface area contributed by atoms with Crippen LogP contribution in [0.1, 0.15) is 20.9 Å². The second kappa shape index (κ2) is 7.31. The zero-order chi connectivity index (χ0) is 17.8. The molecule has 0 unspecified atom stereocenters. The number of hydrogen-bond donors (Lipinski definition) is 2. The summed E-state index contributed by atoms with van der Waals surface area (Å²) in [6.07, 6.45) is 3.91. The van der Waals surface area contributed by atoms with Gasteiger partial charge in [0.25, 0.3) is 5.91 Å². The van der Waals surface area contributed by atoms with Crippen molar-refractivity contribution in [1.82, 2.24) is 14.9 Å². The molecule has 0 radical (unpaired) electrons. The molecule has 1 atom stereocenters. The van der Waals surface area contributed by atoms with E-state index in [2.05, 4.69) is 10.3 Å². The van der Waals surface area contributed by atoms with E-state index in [1.165, 1.54) is 11.3 Å². The average molecular weight is 355 g/mol. The summed E-state index contributed by atoms with van der Waals surface area (Å²) >= 11 is 1.23. The minimum atomic E-state index is -1.06. The van der Waals surface area contributed by atoms with Crippen molar-refractivity contribution in [2.45, 2.75) is 19.4 Å². The Bertz CT molecular complexity index is 872. The second-order valence-corrected chi connectivity index (χ2v) is 6.53. The summed E-state index contributed by atoms with van der Waals surface area (Å²) in [6.45, 7) is 1.74. The molecule has 1 aromatic carbocycles. The van der Waals surface area contributed by atoms with Gasteiger partial charge in [0.15, 0.2) is 5.13 Å². The molecule has 3 rings (SSSR count). The lowest BCUT2D eigenvalue weighted by Gasteiger charge is -2.14. The highest BCUT2D eigenvalue weighted by Gasteiger charge is 2.24. The average Bonchev–Trinajstić information content (AvgIpc) is 3.24. The number of benzene rings is 1. The number of aromatic nitrogens is 2. The minimum Gasteiger partial charge on any atom is -0.480 e. The molecule has 0 aliphatic rings. The smallest absolute Gasteiger partial charge is 0.326 e. The van der Waals surface area contributed by atoms with Crippen LogP contribution in [0.25, 0.3) is 5.13 Å². The Balaban J connectivity index is 1.77. The first-order chi connectivity index (χ1) is 12.0. The third-order valence-electron chi connectivity index (χ3n) is 3.70. The first-order valence-electron chi connectivity index (χ1n) is 7.73. The Morgan fingerprint density at radius 3 is 2.52 bits per heavy atom. The summed E-state index contributed by atoms with van der Waals surface area (Å²) in [7, 11) is 0. The van der Waals surface area contributed by atoms with Crippen molar-refractivity contribution >= 4 is 23.2 Å². The van der Waals surface area contributed by atoms with Crippen molar-refractivity contribution in [3.05, 3.63) is 71.0 Å². The topological polar surface area (TPSA) is 84.2 Å². The number of aryl methyl sites for hydroxylation is 1. The maximum atomic E-state index is 12.5. The molecule has 0 spiro atoms. The van der Waals surface area contributed by atoms with Gasteiger partial charge in [-0.3, -0.25) is 4.79 Å². The molecule has 2 aromatic heterocycles. The van der Waals surface area contributed by atoms with Crippen LogP contribution in [0.2, 0.25) is 0 Å². The van der Waals surface area contributed by atoms with Crippen molar-refractivity contribution in [2.75, 3.05) is 0 Å². The maximum Gasteiger partial charge on any atom is 0.326 e. The Morgan fingerprint density at radius 1 is 1.20 bits per heavy atom. The Morgan fingerprint density at radius 2 is 1.88 bits per heavy atom. The third kappa shape index (κ3) is 3.95. The number of carbonyl (C=O) groups excluding carboxylic acids is 1. The molecule has 2 heterocycles. The minimum absolute atomic E-state index is 0.226. The van der Waals surface area contributed by atoms with Crippen molar-refractivity contribution < 1.29 is 14.7 Å². The van der Waals surface area contributed by atoms with Crippen LogP contribution >= 0.6 is 11.3 Å². The molecular formula is C18H17N3O3S. The van der Waals surface area contributed by atoms with Crippen LogP contribution in [0, 0.1) is 6.92 Å². The van der Waals surface area contributed by atoms with Gasteiger partial charge in [0.05, 0.1) is 5.69 Å². The lowest BCUT2D eigenvalue weighted by atomic mass is 10.1. The molecule has 6 nitrogen and oxygen atoms in total. The predicted molar refractivity (Wildman–Crippen MR) is 95.2 cm³/mol. The number of hydrogen-bond acceptors (Lipinski definition) is 4. The van der Waals surface area contributed by atoms with Crippen LogP contribution in [-0.4, -0.2) is 32.6 Å². The van der Waals surface area contributed by atoms with Gasteiger partial charge in [-0.25, -0.2) is 9.78 Å². The Kier molecular flexibility index (Phi) is 4.95. The largest absolute Gasteiger partial charge is 0.480 e. The number of carboxylic acid groups (broad SMARTS) is 1. The highest BCUT2D eigenvalue weighted by atomic mass is 32.1. The number of thiazole rings is 1. The van der Waals surface area contributed by atoms with E-state index in [9.17, 15) is 14.7 Å². The molecule has 1 amide bonds. The van der Waals surface area contributed by atoms with Crippen LogP contribution in [0.15, 0.2) is 54.9 Å². The molecule has 0 saturated carbocycles. The summed E-state index contributed by atoms with van der Waals surface area (Å²) in [5.41, 5.74) is 1.43. The van der Waals surface area contributed by atoms with Crippen LogP contribution in [0.3, 0.4) is 0 Å². The number of nitrogens with zero attached hydrogens (tertiary/aromatic N) is 2. The first kappa shape index (κ1) is 16.9. The van der Waals surface area contributed by atoms with Crippen molar-refractivity contribution in [2.24, 2.45) is 0 Å². The van der Waals surface area contributed by atoms with Crippen LogP contribution < -0.4 is 5.32 Å². The molecule has 2 N–H and O–H groups in total. The fourth-order valence-electron chi connectivity index (χ4n) is 2.44. The van der Waals surface area contributed by atoms with E-state index >= 15 is 0 Å². The van der Waals surface area contributed by atoms with E-state index < -0.39 is 17.9 Å². The van der Waals surface area contributed by atoms with Gasteiger partial charge in [0.2, 0.25) is 0 Å². The van der Waals surface area contributed by atoms with E-state index in [0.717, 1.165) is 5.56 Å². The lowest BCUT2D eigenvalue weighted by Crippen LogP contribution is -2.42. The molecule has 0 aliphatic carbocycles. The lowest BCUT2D eigenvalue weighted by molar-refractivity contribution is -0.139. The molecule has 0 fully saturated rings. The fraction of sp³-hybridized carbons (Fsp3) is 0.167. The number of carbonyl (C=O) groups is 2. The van der Waals surface area contributed by atoms with Crippen LogP contribution in [0.5, 0.6) is 0 Å². The second-order valence-electron chi connectivity index (χ2n) is 5.56. The standard InChI is InChI=1S/C18H17N3O3S/c1-12-15(25-18(19-12)21-9-5-6-10-21)16(22)20-14(17(23)24)11-13-7-3-2-4-8-13/h2-10,14H,11H2,1H3,(H,20,22)(H,23,24)/t14-/m0/s1. The molecule has 3 aromatic rings. The van der Waals surface area contributed by atoms with E-state index in [1.807, 2.05) is 59.4 Å². The van der Waals surface area contributed by atoms with E-state index in [1.54, 1.807) is 6.92 Å². The maximum absolute atomic E-state index is 12.5. The zero-order valence-corrected chi connectivity index (χ0v) is 14.4. The van der Waals surface area contributed by atoms with Gasteiger partial charge >= 0.3 is 5.97 Å². The van der Waals surface area contributed by atoms with Gasteiger partial charge in [-0.2, -0.15) is 0 Å². The molecule has 0 saturated heterocycles. The van der Waals surface area contributed by atoms with Crippen molar-refractivity contribution in [3.8, 4) is 5.13 Å². The van der Waals surface area contributed by atoms with Gasteiger partial charge < -0.3 is 15.0 Å². The van der Waals surface area contributed by atoms with Gasteiger partial charge in [0.1, 0.15) is 10.9 Å². The zero-order valence-electron chi connectivity index (χ0n) is 13.5. The van der Waals surface area contributed by atoms with Crippen LogP contribution in [-0.2, 0) is 11.2 Å². The highest BCUT2D eigenvalue weighted by molar-refractivity contribution is 7.16. The molecule has 0 bridgehead atoms. The van der Waals surface area contributed by atoms with Gasteiger partial charge in [-0.1, -0.05) is 41.7 Å². The Labute approximate surface area is 148 Å². The van der Waals surface area contributed by atoms with Crippen LogP contribution in [0.4, 0.5) is 0 Å². The quantitative estimate of drug-likeness (QED) is 0.712. The summed E-state index contributed by atoms with van der Waals surface area (Å²) in [4.78, 5) is 28.9. The number of nitrogens with one attached hydrogen (secondary N) is 1. The normalized spacial score (nSPS) is 11.9. The molecule has 0 aliphatic heterocycles. The third-order valence-corrected chi connectivity index (χ3v) is 4.87. The Hall–Kier alpha value is -2.93. The number of aliphatic carboxylic acids is 1. The highest BCUT2D eigenvalue weighted by Crippen LogP contribution is 2.22. The van der Waals surface area contributed by atoms with E-state index in [-0.39, 0.29) is 6.42 Å². The first-order valence-corrected chi connectivity index (χ1v) is 8.54. The number of carboxylic acids is 1.